The summed E-state index contributed by atoms with van der Waals surface area (Å²) in [6.45, 7) is 1.74. The first-order valence-electron chi connectivity index (χ1n) is 5.56. The lowest BCUT2D eigenvalue weighted by Crippen LogP contribution is -1.93. The van der Waals surface area contributed by atoms with Crippen molar-refractivity contribution in [2.75, 3.05) is 0 Å². The molecule has 3 rings (SSSR count). The number of aliphatic hydroxyl groups is 1. The summed E-state index contributed by atoms with van der Waals surface area (Å²) in [6, 6.07) is 3.57. The fourth-order valence-electron chi connectivity index (χ4n) is 2.66. The number of nitrogens with zero attached hydrogens (tertiary/aromatic N) is 1. The van der Waals surface area contributed by atoms with Crippen LogP contribution >= 0.6 is 0 Å². The highest BCUT2D eigenvalue weighted by Crippen LogP contribution is 2.41. The maximum Gasteiger partial charge on any atom is 0.281 e. The molecule has 0 radical (unpaired) electrons. The third kappa shape index (κ3) is 1.29. The molecule has 0 bridgehead atoms. The number of H-pyrrole nitrogens is 1. The molecule has 1 atom stereocenters. The summed E-state index contributed by atoms with van der Waals surface area (Å²) >= 11 is 0. The second-order valence-corrected chi connectivity index (χ2v) is 4.48. The number of aromatic amines is 1. The summed E-state index contributed by atoms with van der Waals surface area (Å²) in [4.78, 5) is 13.9. The largest absolute Gasteiger partial charge is 0.387 e. The van der Waals surface area contributed by atoms with Gasteiger partial charge in [-0.2, -0.15) is 0 Å². The zero-order valence-corrected chi connectivity index (χ0v) is 9.36. The number of aryl methyl sites for hydroxylation is 2. The van der Waals surface area contributed by atoms with Gasteiger partial charge in [0.1, 0.15) is 0 Å². The van der Waals surface area contributed by atoms with Gasteiger partial charge in [0.25, 0.3) is 5.69 Å². The van der Waals surface area contributed by atoms with Crippen LogP contribution in [0.1, 0.15) is 29.3 Å². The van der Waals surface area contributed by atoms with Crippen molar-refractivity contribution in [1.82, 2.24) is 4.98 Å². The Labute approximate surface area is 97.2 Å². The van der Waals surface area contributed by atoms with Crippen LogP contribution in [0.25, 0.3) is 10.9 Å². The zero-order chi connectivity index (χ0) is 12.2. The van der Waals surface area contributed by atoms with Gasteiger partial charge in [-0.1, -0.05) is 6.07 Å². The Balaban J connectivity index is 2.43. The maximum absolute atomic E-state index is 11.1. The predicted molar refractivity (Wildman–Crippen MR) is 63.0 cm³/mol. The van der Waals surface area contributed by atoms with Crippen LogP contribution in [0.15, 0.2) is 12.1 Å². The van der Waals surface area contributed by atoms with Crippen LogP contribution in [-0.4, -0.2) is 15.0 Å². The van der Waals surface area contributed by atoms with E-state index in [0.717, 1.165) is 16.8 Å². The van der Waals surface area contributed by atoms with Gasteiger partial charge in [-0.25, -0.2) is 0 Å². The van der Waals surface area contributed by atoms with E-state index in [-0.39, 0.29) is 10.6 Å². The number of hydrogen-bond acceptors (Lipinski definition) is 3. The highest BCUT2D eigenvalue weighted by Gasteiger charge is 2.29. The Hall–Kier alpha value is -1.88. The van der Waals surface area contributed by atoms with E-state index in [4.69, 9.17) is 0 Å². The number of fused-ring (bicyclic) bond motifs is 3. The predicted octanol–water partition coefficient (Wildman–Crippen LogP) is 2.36. The van der Waals surface area contributed by atoms with Crippen molar-refractivity contribution in [2.24, 2.45) is 0 Å². The lowest BCUT2D eigenvalue weighted by atomic mass is 10.1. The molecule has 0 saturated heterocycles. The molecule has 1 heterocycles. The van der Waals surface area contributed by atoms with Gasteiger partial charge in [-0.3, -0.25) is 10.1 Å². The van der Waals surface area contributed by atoms with Crippen molar-refractivity contribution in [3.63, 3.8) is 0 Å². The van der Waals surface area contributed by atoms with Gasteiger partial charge in [-0.15, -0.1) is 0 Å². The first-order valence-corrected chi connectivity index (χ1v) is 5.56. The molecule has 2 N–H and O–H groups in total. The normalized spacial score (nSPS) is 18.6. The van der Waals surface area contributed by atoms with Gasteiger partial charge in [0.15, 0.2) is 0 Å². The van der Waals surface area contributed by atoms with Crippen molar-refractivity contribution in [1.29, 1.82) is 0 Å². The molecule has 0 spiro atoms. The van der Waals surface area contributed by atoms with E-state index in [0.29, 0.717) is 23.8 Å². The van der Waals surface area contributed by atoms with E-state index in [2.05, 4.69) is 4.98 Å². The summed E-state index contributed by atoms with van der Waals surface area (Å²) < 4.78 is 0. The summed E-state index contributed by atoms with van der Waals surface area (Å²) in [5.41, 5.74) is 3.21. The molecule has 1 aliphatic rings. The molecule has 5 nitrogen and oxygen atoms in total. The fraction of sp³-hybridized carbons (Fsp3) is 0.333. The third-order valence-electron chi connectivity index (χ3n) is 3.46. The molecule has 0 saturated carbocycles. The van der Waals surface area contributed by atoms with Gasteiger partial charge in [0.2, 0.25) is 0 Å². The van der Waals surface area contributed by atoms with Crippen LogP contribution in [0.2, 0.25) is 0 Å². The van der Waals surface area contributed by atoms with Crippen LogP contribution in [0.3, 0.4) is 0 Å². The van der Waals surface area contributed by atoms with Gasteiger partial charge in [-0.05, 0) is 31.4 Å². The van der Waals surface area contributed by atoms with Crippen molar-refractivity contribution in [3.05, 3.63) is 39.1 Å². The molecule has 0 fully saturated rings. The van der Waals surface area contributed by atoms with E-state index in [1.165, 1.54) is 0 Å². The van der Waals surface area contributed by atoms with Gasteiger partial charge >= 0.3 is 0 Å². The molecule has 2 aromatic rings. The molecule has 1 unspecified atom stereocenters. The van der Waals surface area contributed by atoms with E-state index >= 15 is 0 Å². The Bertz CT molecular complexity index is 630. The Morgan fingerprint density at radius 1 is 1.53 bits per heavy atom. The number of nitrogens with one attached hydrogen (secondary N) is 1. The van der Waals surface area contributed by atoms with Gasteiger partial charge in [0, 0.05) is 11.3 Å². The lowest BCUT2D eigenvalue weighted by molar-refractivity contribution is -0.383. The average molecular weight is 232 g/mol. The van der Waals surface area contributed by atoms with Crippen LogP contribution in [0.5, 0.6) is 0 Å². The van der Waals surface area contributed by atoms with Crippen molar-refractivity contribution in [2.45, 2.75) is 25.9 Å². The van der Waals surface area contributed by atoms with Gasteiger partial charge < -0.3 is 10.1 Å². The van der Waals surface area contributed by atoms with Crippen molar-refractivity contribution < 1.29 is 10.0 Å². The summed E-state index contributed by atoms with van der Waals surface area (Å²) in [7, 11) is 0. The Morgan fingerprint density at radius 3 is 3.00 bits per heavy atom. The molecule has 17 heavy (non-hydrogen) atoms. The second kappa shape index (κ2) is 3.30. The molecule has 5 heteroatoms. The number of aliphatic hydroxyl groups excluding tert-OH is 1. The summed E-state index contributed by atoms with van der Waals surface area (Å²) in [6.07, 6.45) is 0.820. The summed E-state index contributed by atoms with van der Waals surface area (Å²) in [5.74, 6) is 0. The van der Waals surface area contributed by atoms with Crippen LogP contribution in [-0.2, 0) is 6.42 Å². The highest BCUT2D eigenvalue weighted by molar-refractivity contribution is 5.94. The molecular formula is C12H12N2O3. The second-order valence-electron chi connectivity index (χ2n) is 4.48. The SMILES string of the molecule is Cc1ccc2[nH]c3c(c2c1[N+](=O)[O-])CCC3O. The first-order chi connectivity index (χ1) is 8.09. The zero-order valence-electron chi connectivity index (χ0n) is 9.36. The lowest BCUT2D eigenvalue weighted by Gasteiger charge is -2.00. The van der Waals surface area contributed by atoms with Crippen molar-refractivity contribution in [3.8, 4) is 0 Å². The summed E-state index contributed by atoms with van der Waals surface area (Å²) in [5, 5.41) is 21.6. The van der Waals surface area contributed by atoms with Crippen molar-refractivity contribution >= 4 is 16.6 Å². The van der Waals surface area contributed by atoms with E-state index in [1.807, 2.05) is 6.07 Å². The number of rotatable bonds is 1. The van der Waals surface area contributed by atoms with E-state index in [9.17, 15) is 15.2 Å². The number of benzene rings is 1. The van der Waals surface area contributed by atoms with Gasteiger partial charge in [0.05, 0.1) is 21.9 Å². The minimum Gasteiger partial charge on any atom is -0.387 e. The number of nitro groups is 1. The number of nitro benzene ring substituents is 1. The van der Waals surface area contributed by atoms with Crippen LogP contribution in [0.4, 0.5) is 5.69 Å². The molecule has 1 aliphatic carbocycles. The molecular weight excluding hydrogens is 220 g/mol. The minimum absolute atomic E-state index is 0.161. The maximum atomic E-state index is 11.1. The number of aromatic nitrogens is 1. The third-order valence-corrected chi connectivity index (χ3v) is 3.46. The number of hydrogen-bond donors (Lipinski definition) is 2. The molecule has 0 aliphatic heterocycles. The Morgan fingerprint density at radius 2 is 2.29 bits per heavy atom. The minimum atomic E-state index is -0.516. The van der Waals surface area contributed by atoms with E-state index < -0.39 is 6.10 Å². The molecule has 1 aromatic heterocycles. The Kier molecular flexibility index (Phi) is 2.00. The standard InChI is InChI=1S/C12H12N2O3/c1-6-2-4-8-10(12(6)14(16)17)7-3-5-9(15)11(7)13-8/h2,4,9,13,15H,3,5H2,1H3. The quantitative estimate of drug-likeness (QED) is 0.585. The van der Waals surface area contributed by atoms with Crippen LogP contribution < -0.4 is 0 Å². The molecule has 88 valence electrons. The fourth-order valence-corrected chi connectivity index (χ4v) is 2.66. The first kappa shape index (κ1) is 10.3. The molecule has 0 amide bonds. The molecule has 1 aromatic carbocycles. The van der Waals surface area contributed by atoms with Crippen LogP contribution in [0, 0.1) is 17.0 Å². The average Bonchev–Trinajstić information content (AvgIpc) is 2.79. The monoisotopic (exact) mass is 232 g/mol. The topological polar surface area (TPSA) is 79.2 Å². The smallest absolute Gasteiger partial charge is 0.281 e. The highest BCUT2D eigenvalue weighted by atomic mass is 16.6. The van der Waals surface area contributed by atoms with E-state index in [1.54, 1.807) is 13.0 Å².